The zero-order valence-corrected chi connectivity index (χ0v) is 45.9. The second kappa shape index (κ2) is 21.0. The zero-order chi connectivity index (χ0) is 43.9. The summed E-state index contributed by atoms with van der Waals surface area (Å²) in [6, 6.07) is 6.16. The third kappa shape index (κ3) is 11.6. The first-order chi connectivity index (χ1) is 27.8. The molecule has 1 aromatic heterocycles. The van der Waals surface area contributed by atoms with Crippen molar-refractivity contribution in [2.24, 2.45) is 4.99 Å². The average Bonchev–Trinajstić information content (AvgIpc) is 3.13. The number of halogens is 3. The molecule has 0 fully saturated rings. The first-order valence-electron chi connectivity index (χ1n) is 16.0. The van der Waals surface area contributed by atoms with Crippen molar-refractivity contribution in [1.82, 2.24) is 19.9 Å². The van der Waals surface area contributed by atoms with E-state index in [2.05, 4.69) is 40.9 Å². The number of fused-ring (bicyclic) bond motifs is 4. The standard InChI is InChI=1S/C30H22Cl2FN9O14S4.4Na/c1-2-17(39-30-41-28(33)40-29(42-30)38-15-9-10(57(43,44)45)3-8-16(15)58(46,47)48)35-14-7-6-13-23(27(14)60(52,53)54)56-25-19(32)20-24(18(31)21(25)37-13)55-22-12(36-20)5-4-11(34)26(22)59(49,50)51;;;;/h3-9,17,36H,2,34H2,1H3,(H,43,44,45)(H,46,47,48)(H,49,50,51)(H,52,53,54)(H2,38,39,40,41,42);;;;/q;4*+1/p-4. The molecule has 64 heavy (non-hydrogen) atoms. The third-order valence-electron chi connectivity index (χ3n) is 8.22. The maximum atomic E-state index is 14.6. The molecule has 4 aromatic rings. The molecule has 0 amide bonds. The van der Waals surface area contributed by atoms with Gasteiger partial charge < -0.3 is 49.0 Å². The Morgan fingerprint density at radius 3 is 2.03 bits per heavy atom. The SMILES string of the molecule is CCC(N=c1ccc2nc3c(Cl)c4c(c(Cl)c3oc-2c1S(=O)(=O)[O-])Nc1ccc(N)c(S(=O)(=O)[O-])c1O4)Nc1nc(F)nc(Nc2cc(S(=O)(=O)[O-])ccc2S(=O)(=O)[O-])n1.[Na+].[Na+].[Na+].[Na+]. The van der Waals surface area contributed by atoms with Crippen LogP contribution in [0.2, 0.25) is 10.0 Å². The van der Waals surface area contributed by atoms with Gasteiger partial charge in [-0.15, -0.1) is 0 Å². The van der Waals surface area contributed by atoms with Crippen LogP contribution in [-0.2, 0) is 40.5 Å². The predicted molar refractivity (Wildman–Crippen MR) is 199 cm³/mol. The van der Waals surface area contributed by atoms with E-state index in [4.69, 9.17) is 38.1 Å². The summed E-state index contributed by atoms with van der Waals surface area (Å²) in [6.45, 7) is 1.51. The second-order valence-electron chi connectivity index (χ2n) is 12.1. The molecule has 3 aromatic carbocycles. The molecule has 1 aliphatic carbocycles. The van der Waals surface area contributed by atoms with Gasteiger partial charge in [0.25, 0.3) is 0 Å². The number of hydrogen-bond donors (Lipinski definition) is 4. The molecular weight excluding hydrogens is 1020 g/mol. The number of nitrogens with one attached hydrogen (secondary N) is 3. The van der Waals surface area contributed by atoms with Crippen LogP contribution in [0.4, 0.5) is 39.0 Å². The number of aromatic nitrogens is 4. The van der Waals surface area contributed by atoms with Gasteiger partial charge in [0, 0.05) is 0 Å². The predicted octanol–water partition coefficient (Wildman–Crippen LogP) is -8.88. The number of nitrogens with zero attached hydrogens (tertiary/aromatic N) is 5. The maximum Gasteiger partial charge on any atom is 1.00 e. The molecule has 1 unspecified atom stereocenters. The van der Waals surface area contributed by atoms with Gasteiger partial charge in [0.2, 0.25) is 11.9 Å². The number of nitrogen functional groups attached to an aromatic ring is 1. The Balaban J connectivity index is 0.00000272. The Hall–Kier alpha value is -1.56. The molecule has 3 aliphatic rings. The fraction of sp³-hybridized carbons (Fsp3) is 0.100. The monoisotopic (exact) mass is 1040 g/mol. The second-order valence-corrected chi connectivity index (χ2v) is 18.2. The first-order valence-corrected chi connectivity index (χ1v) is 22.4. The van der Waals surface area contributed by atoms with E-state index < -0.39 is 118 Å². The average molecular weight is 1040 g/mol. The van der Waals surface area contributed by atoms with Crippen molar-refractivity contribution in [3.8, 4) is 23.0 Å². The van der Waals surface area contributed by atoms with Crippen molar-refractivity contribution in [2.75, 3.05) is 21.7 Å². The summed E-state index contributed by atoms with van der Waals surface area (Å²) in [5.74, 6) is -2.95. The van der Waals surface area contributed by atoms with Gasteiger partial charge in [0.05, 0.1) is 32.2 Å². The van der Waals surface area contributed by atoms with Gasteiger partial charge in [-0.2, -0.15) is 19.3 Å². The summed E-state index contributed by atoms with van der Waals surface area (Å²) >= 11 is 13.3. The van der Waals surface area contributed by atoms with Crippen LogP contribution in [0.25, 0.3) is 22.6 Å². The van der Waals surface area contributed by atoms with Crippen LogP contribution in [0, 0.1) is 6.08 Å². The van der Waals surface area contributed by atoms with Crippen LogP contribution in [-0.4, -0.2) is 78.0 Å². The summed E-state index contributed by atoms with van der Waals surface area (Å²) in [5, 5.41) is 6.20. The topological polar surface area (TPSA) is 377 Å². The van der Waals surface area contributed by atoms with E-state index in [9.17, 15) is 56.3 Å². The van der Waals surface area contributed by atoms with Gasteiger partial charge >= 0.3 is 124 Å². The van der Waals surface area contributed by atoms with Gasteiger partial charge in [0.1, 0.15) is 83.4 Å². The van der Waals surface area contributed by atoms with Crippen LogP contribution < -0.4 is 150 Å². The summed E-state index contributed by atoms with van der Waals surface area (Å²) in [4.78, 5) is 15.2. The summed E-state index contributed by atoms with van der Waals surface area (Å²) in [5.41, 5.74) is 3.28. The van der Waals surface area contributed by atoms with E-state index in [1.165, 1.54) is 19.1 Å². The Bertz CT molecular complexity index is 3360. The van der Waals surface area contributed by atoms with Crippen LogP contribution in [0.1, 0.15) is 13.3 Å². The van der Waals surface area contributed by atoms with Gasteiger partial charge in [-0.05, 0) is 48.9 Å². The normalized spacial score (nSPS) is 13.1. The molecule has 34 heteroatoms. The van der Waals surface area contributed by atoms with Crippen molar-refractivity contribution in [1.29, 1.82) is 0 Å². The third-order valence-corrected chi connectivity index (χ3v) is 12.5. The summed E-state index contributed by atoms with van der Waals surface area (Å²) in [7, 11) is -21.2. The quantitative estimate of drug-likeness (QED) is 0.0428. The zero-order valence-electron chi connectivity index (χ0n) is 33.1. The van der Waals surface area contributed by atoms with Crippen molar-refractivity contribution < 1.29 is 184 Å². The van der Waals surface area contributed by atoms with E-state index >= 15 is 0 Å². The molecule has 5 N–H and O–H groups in total. The summed E-state index contributed by atoms with van der Waals surface area (Å²) in [6.07, 6.45) is -2.86. The molecule has 7 rings (SSSR count). The first kappa shape index (κ1) is 56.8. The number of nitrogens with two attached hydrogens (primary N) is 1. The van der Waals surface area contributed by atoms with E-state index in [0.717, 1.165) is 12.1 Å². The van der Waals surface area contributed by atoms with E-state index in [0.29, 0.717) is 18.2 Å². The molecular formula is C30H18Cl2FN9Na4O14S4. The molecule has 0 bridgehead atoms. The number of rotatable bonds is 10. The molecule has 0 saturated heterocycles. The van der Waals surface area contributed by atoms with Crippen molar-refractivity contribution in [3.05, 3.63) is 63.9 Å². The number of hydrogen-bond acceptors (Lipinski definition) is 23. The Kier molecular flexibility index (Phi) is 18.6. The number of anilines is 6. The van der Waals surface area contributed by atoms with Gasteiger partial charge in [-0.25, -0.2) is 38.7 Å². The molecule has 3 heterocycles. The minimum atomic E-state index is -5.51. The Labute approximate surface area is 459 Å². The van der Waals surface area contributed by atoms with Crippen molar-refractivity contribution >= 4 is 109 Å². The largest absolute Gasteiger partial charge is 1.00 e. The smallest absolute Gasteiger partial charge is 0.744 e. The molecule has 2 aliphatic heterocycles. The van der Waals surface area contributed by atoms with Crippen LogP contribution in [0.3, 0.4) is 0 Å². The summed E-state index contributed by atoms with van der Waals surface area (Å²) < 4.78 is 171. The fourth-order valence-corrected chi connectivity index (χ4v) is 8.83. The fourth-order valence-electron chi connectivity index (χ4n) is 5.71. The van der Waals surface area contributed by atoms with Crippen LogP contribution in [0.15, 0.2) is 71.5 Å². The molecule has 0 spiro atoms. The molecule has 316 valence electrons. The molecule has 1 atom stereocenters. The number of ether oxygens (including phenoxy) is 1. The minimum absolute atomic E-state index is 0. The Morgan fingerprint density at radius 1 is 0.797 bits per heavy atom. The van der Waals surface area contributed by atoms with Crippen molar-refractivity contribution in [2.45, 2.75) is 39.1 Å². The number of benzene rings is 4. The van der Waals surface area contributed by atoms with Gasteiger partial charge in [-0.1, -0.05) is 30.1 Å². The van der Waals surface area contributed by atoms with Crippen LogP contribution >= 0.6 is 23.2 Å². The maximum absolute atomic E-state index is 14.6. The van der Waals surface area contributed by atoms with Gasteiger partial charge in [-0.3, -0.25) is 4.99 Å². The molecule has 0 radical (unpaired) electrons. The minimum Gasteiger partial charge on any atom is -0.744 e. The van der Waals surface area contributed by atoms with Gasteiger partial charge in [0.15, 0.2) is 22.8 Å². The van der Waals surface area contributed by atoms with E-state index in [-0.39, 0.29) is 163 Å². The van der Waals surface area contributed by atoms with E-state index in [1.807, 2.05) is 0 Å². The molecule has 23 nitrogen and oxygen atoms in total. The van der Waals surface area contributed by atoms with Crippen LogP contribution in [0.5, 0.6) is 11.5 Å². The van der Waals surface area contributed by atoms with E-state index in [1.54, 1.807) is 0 Å². The molecule has 0 saturated carbocycles. The Morgan fingerprint density at radius 2 is 1.44 bits per heavy atom. The van der Waals surface area contributed by atoms with Crippen molar-refractivity contribution in [3.63, 3.8) is 0 Å².